The third-order valence-electron chi connectivity index (χ3n) is 2.79. The highest BCUT2D eigenvalue weighted by atomic mass is 35.5. The molecule has 1 atom stereocenters. The minimum absolute atomic E-state index is 0.0130. The first-order chi connectivity index (χ1) is 8.40. The van der Waals surface area contributed by atoms with Crippen LogP contribution >= 0.6 is 11.6 Å². The highest BCUT2D eigenvalue weighted by molar-refractivity contribution is 7.89. The SMILES string of the molecule is CCC(C)CNS(=O)(=O)c1cc(CO)ccc1Cl. The van der Waals surface area contributed by atoms with Gasteiger partial charge < -0.3 is 5.11 Å². The zero-order chi connectivity index (χ0) is 13.8. The fourth-order valence-corrected chi connectivity index (χ4v) is 3.04. The van der Waals surface area contributed by atoms with Crippen molar-refractivity contribution in [2.45, 2.75) is 31.8 Å². The molecule has 1 aromatic carbocycles. The normalized spacial score (nSPS) is 13.6. The topological polar surface area (TPSA) is 66.4 Å². The standard InChI is InChI=1S/C12H18ClNO3S/c1-3-9(2)7-14-18(16,17)12-6-10(8-15)4-5-11(12)13/h4-6,9,14-15H,3,7-8H2,1-2H3. The Labute approximate surface area is 113 Å². The molecule has 1 rings (SSSR count). The Balaban J connectivity index is 2.97. The maximum Gasteiger partial charge on any atom is 0.242 e. The van der Waals surface area contributed by atoms with Crippen molar-refractivity contribution in [2.75, 3.05) is 6.54 Å². The summed E-state index contributed by atoms with van der Waals surface area (Å²) in [6.45, 7) is 4.12. The molecule has 0 aliphatic heterocycles. The van der Waals surface area contributed by atoms with Gasteiger partial charge in [0.25, 0.3) is 0 Å². The van der Waals surface area contributed by atoms with E-state index in [1.807, 2.05) is 13.8 Å². The van der Waals surface area contributed by atoms with Crippen molar-refractivity contribution in [3.8, 4) is 0 Å². The van der Waals surface area contributed by atoms with Crippen LogP contribution in [0, 0.1) is 5.92 Å². The van der Waals surface area contributed by atoms with Gasteiger partial charge >= 0.3 is 0 Å². The van der Waals surface area contributed by atoms with Gasteiger partial charge in [0.05, 0.1) is 11.6 Å². The molecule has 2 N–H and O–H groups in total. The minimum Gasteiger partial charge on any atom is -0.392 e. The van der Waals surface area contributed by atoms with Crippen LogP contribution in [-0.4, -0.2) is 20.1 Å². The van der Waals surface area contributed by atoms with Crippen LogP contribution < -0.4 is 4.72 Å². The molecule has 1 unspecified atom stereocenters. The summed E-state index contributed by atoms with van der Waals surface area (Å²) in [7, 11) is -3.62. The predicted octanol–water partition coefficient (Wildman–Crippen LogP) is 2.16. The third-order valence-corrected chi connectivity index (χ3v) is 4.69. The van der Waals surface area contributed by atoms with Crippen molar-refractivity contribution in [1.82, 2.24) is 4.72 Å². The molecule has 0 saturated carbocycles. The van der Waals surface area contributed by atoms with Gasteiger partial charge in [-0.2, -0.15) is 0 Å². The maximum atomic E-state index is 12.1. The first kappa shape index (κ1) is 15.4. The summed E-state index contributed by atoms with van der Waals surface area (Å²) in [6, 6.07) is 4.46. The van der Waals surface area contributed by atoms with Crippen molar-refractivity contribution >= 4 is 21.6 Å². The fraction of sp³-hybridized carbons (Fsp3) is 0.500. The monoisotopic (exact) mass is 291 g/mol. The summed E-state index contributed by atoms with van der Waals surface area (Å²) in [4.78, 5) is 0.0130. The Bertz CT molecular complexity index is 502. The van der Waals surface area contributed by atoms with E-state index >= 15 is 0 Å². The first-order valence-electron chi connectivity index (χ1n) is 5.79. The summed E-state index contributed by atoms with van der Waals surface area (Å²) >= 11 is 5.89. The van der Waals surface area contributed by atoms with Gasteiger partial charge in [0, 0.05) is 6.54 Å². The van der Waals surface area contributed by atoms with E-state index in [4.69, 9.17) is 16.7 Å². The van der Waals surface area contributed by atoms with Crippen molar-refractivity contribution in [3.63, 3.8) is 0 Å². The van der Waals surface area contributed by atoms with Gasteiger partial charge in [0.1, 0.15) is 4.90 Å². The second-order valence-electron chi connectivity index (χ2n) is 4.29. The van der Waals surface area contributed by atoms with Gasteiger partial charge in [0.15, 0.2) is 0 Å². The van der Waals surface area contributed by atoms with Gasteiger partial charge in [-0.05, 0) is 23.6 Å². The number of nitrogens with one attached hydrogen (secondary N) is 1. The second kappa shape index (κ2) is 6.52. The molecule has 0 saturated heterocycles. The molecule has 0 spiro atoms. The van der Waals surface area contributed by atoms with E-state index in [1.54, 1.807) is 6.07 Å². The second-order valence-corrected chi connectivity index (χ2v) is 6.43. The van der Waals surface area contributed by atoms with Crippen LogP contribution in [0.25, 0.3) is 0 Å². The molecule has 0 amide bonds. The Morgan fingerprint density at radius 1 is 1.44 bits per heavy atom. The zero-order valence-electron chi connectivity index (χ0n) is 10.5. The molecule has 0 aromatic heterocycles. The van der Waals surface area contributed by atoms with Gasteiger partial charge in [0.2, 0.25) is 10.0 Å². The van der Waals surface area contributed by atoms with Crippen LogP contribution in [-0.2, 0) is 16.6 Å². The lowest BCUT2D eigenvalue weighted by Gasteiger charge is -2.12. The van der Waals surface area contributed by atoms with Crippen molar-refractivity contribution in [1.29, 1.82) is 0 Å². The number of halogens is 1. The first-order valence-corrected chi connectivity index (χ1v) is 7.65. The average Bonchev–Trinajstić information content (AvgIpc) is 2.36. The largest absolute Gasteiger partial charge is 0.392 e. The van der Waals surface area contributed by atoms with E-state index in [0.29, 0.717) is 12.1 Å². The Morgan fingerprint density at radius 2 is 2.11 bits per heavy atom. The highest BCUT2D eigenvalue weighted by Gasteiger charge is 2.18. The zero-order valence-corrected chi connectivity index (χ0v) is 12.1. The van der Waals surface area contributed by atoms with Crippen LogP contribution in [0.3, 0.4) is 0 Å². The van der Waals surface area contributed by atoms with E-state index in [1.165, 1.54) is 12.1 Å². The van der Waals surface area contributed by atoms with E-state index in [-0.39, 0.29) is 22.4 Å². The van der Waals surface area contributed by atoms with E-state index in [2.05, 4.69) is 4.72 Å². The van der Waals surface area contributed by atoms with Crippen LogP contribution in [0.15, 0.2) is 23.1 Å². The molecular weight excluding hydrogens is 274 g/mol. The van der Waals surface area contributed by atoms with Crippen molar-refractivity contribution in [3.05, 3.63) is 28.8 Å². The molecule has 0 aliphatic carbocycles. The number of aliphatic hydroxyl groups is 1. The number of sulfonamides is 1. The Kier molecular flexibility index (Phi) is 5.59. The molecule has 6 heteroatoms. The Morgan fingerprint density at radius 3 is 2.67 bits per heavy atom. The van der Waals surface area contributed by atoms with E-state index in [9.17, 15) is 8.42 Å². The molecule has 0 radical (unpaired) electrons. The van der Waals surface area contributed by atoms with Gasteiger partial charge in [-0.15, -0.1) is 0 Å². The molecule has 4 nitrogen and oxygen atoms in total. The summed E-state index contributed by atoms with van der Waals surface area (Å²) in [5.74, 6) is 0.263. The lowest BCUT2D eigenvalue weighted by Crippen LogP contribution is -2.28. The quantitative estimate of drug-likeness (QED) is 0.844. The summed E-state index contributed by atoms with van der Waals surface area (Å²) in [6.07, 6.45) is 0.896. The molecule has 0 aliphatic rings. The van der Waals surface area contributed by atoms with E-state index < -0.39 is 10.0 Å². The number of rotatable bonds is 6. The molecule has 0 fully saturated rings. The summed E-state index contributed by atoms with van der Waals surface area (Å²) in [5, 5.41) is 9.17. The molecule has 102 valence electrons. The highest BCUT2D eigenvalue weighted by Crippen LogP contribution is 2.22. The van der Waals surface area contributed by atoms with Crippen molar-refractivity contribution in [2.24, 2.45) is 5.92 Å². The molecule has 0 heterocycles. The van der Waals surface area contributed by atoms with Gasteiger partial charge in [-0.1, -0.05) is 37.9 Å². The minimum atomic E-state index is -3.62. The Hall–Kier alpha value is -0.620. The molecule has 18 heavy (non-hydrogen) atoms. The number of hydrogen-bond acceptors (Lipinski definition) is 3. The fourth-order valence-electron chi connectivity index (χ4n) is 1.33. The van der Waals surface area contributed by atoms with Crippen LogP contribution in [0.4, 0.5) is 0 Å². The number of aliphatic hydroxyl groups excluding tert-OH is 1. The molecular formula is C12H18ClNO3S. The van der Waals surface area contributed by atoms with Gasteiger partial charge in [-0.3, -0.25) is 0 Å². The lowest BCUT2D eigenvalue weighted by molar-refractivity contribution is 0.281. The summed E-state index contributed by atoms with van der Waals surface area (Å²) in [5.41, 5.74) is 0.517. The molecule has 0 bridgehead atoms. The summed E-state index contributed by atoms with van der Waals surface area (Å²) < 4.78 is 26.7. The van der Waals surface area contributed by atoms with Crippen molar-refractivity contribution < 1.29 is 13.5 Å². The maximum absolute atomic E-state index is 12.1. The third kappa shape index (κ3) is 3.95. The average molecular weight is 292 g/mol. The van der Waals surface area contributed by atoms with E-state index in [0.717, 1.165) is 6.42 Å². The van der Waals surface area contributed by atoms with Crippen LogP contribution in [0.2, 0.25) is 5.02 Å². The number of benzene rings is 1. The molecule has 1 aromatic rings. The predicted molar refractivity (Wildman–Crippen MR) is 72.0 cm³/mol. The van der Waals surface area contributed by atoms with Crippen LogP contribution in [0.5, 0.6) is 0 Å². The smallest absolute Gasteiger partial charge is 0.242 e. The van der Waals surface area contributed by atoms with Gasteiger partial charge in [-0.25, -0.2) is 13.1 Å². The number of hydrogen-bond donors (Lipinski definition) is 2. The lowest BCUT2D eigenvalue weighted by atomic mass is 10.1. The van der Waals surface area contributed by atoms with Crippen LogP contribution in [0.1, 0.15) is 25.8 Å².